The predicted octanol–water partition coefficient (Wildman–Crippen LogP) is 4.13. The van der Waals surface area contributed by atoms with Gasteiger partial charge in [0.1, 0.15) is 0 Å². The monoisotopic (exact) mass is 274 g/mol. The van der Waals surface area contributed by atoms with Crippen LogP contribution >= 0.6 is 11.3 Å². The Morgan fingerprint density at radius 3 is 2.84 bits per heavy atom. The third-order valence-electron chi connectivity index (χ3n) is 3.27. The van der Waals surface area contributed by atoms with Crippen molar-refractivity contribution in [3.05, 3.63) is 52.0 Å². The molecule has 1 atom stereocenters. The fourth-order valence-electron chi connectivity index (χ4n) is 2.22. The summed E-state index contributed by atoms with van der Waals surface area (Å²) in [6.07, 6.45) is 5.18. The number of aryl methyl sites for hydroxylation is 2. The van der Waals surface area contributed by atoms with Crippen LogP contribution < -0.4 is 5.32 Å². The first-order valence-electron chi connectivity index (χ1n) is 6.98. The van der Waals surface area contributed by atoms with E-state index in [0.29, 0.717) is 6.04 Å². The van der Waals surface area contributed by atoms with Crippen LogP contribution in [0, 0.1) is 6.92 Å². The minimum absolute atomic E-state index is 0.460. The van der Waals surface area contributed by atoms with Crippen LogP contribution in [-0.4, -0.2) is 11.5 Å². The molecule has 0 saturated heterocycles. The lowest BCUT2D eigenvalue weighted by molar-refractivity contribution is 0.502. The average Bonchev–Trinajstić information content (AvgIpc) is 2.86. The van der Waals surface area contributed by atoms with E-state index < -0.39 is 0 Å². The van der Waals surface area contributed by atoms with E-state index in [2.05, 4.69) is 47.7 Å². The molecule has 2 nitrogen and oxygen atoms in total. The van der Waals surface area contributed by atoms with Crippen LogP contribution in [0.4, 0.5) is 0 Å². The van der Waals surface area contributed by atoms with Gasteiger partial charge in [0.2, 0.25) is 0 Å². The molecule has 0 amide bonds. The highest BCUT2D eigenvalue weighted by Gasteiger charge is 2.14. The van der Waals surface area contributed by atoms with Crippen molar-refractivity contribution in [2.75, 3.05) is 6.54 Å². The third kappa shape index (κ3) is 4.15. The van der Waals surface area contributed by atoms with Gasteiger partial charge in [0.25, 0.3) is 0 Å². The lowest BCUT2D eigenvalue weighted by Crippen LogP contribution is -2.22. The van der Waals surface area contributed by atoms with Gasteiger partial charge in [-0.1, -0.05) is 13.0 Å². The van der Waals surface area contributed by atoms with E-state index in [1.165, 1.54) is 22.6 Å². The molecule has 3 heteroatoms. The molecule has 1 N–H and O–H groups in total. The van der Waals surface area contributed by atoms with Crippen molar-refractivity contribution < 1.29 is 0 Å². The molecule has 2 aromatic heterocycles. The van der Waals surface area contributed by atoms with E-state index >= 15 is 0 Å². The summed E-state index contributed by atoms with van der Waals surface area (Å²) in [6, 6.07) is 8.81. The highest BCUT2D eigenvalue weighted by Crippen LogP contribution is 2.27. The third-order valence-corrected chi connectivity index (χ3v) is 4.41. The van der Waals surface area contributed by atoms with Gasteiger partial charge in [-0.15, -0.1) is 11.3 Å². The fraction of sp³-hybridized carbons (Fsp3) is 0.438. The second-order valence-electron chi connectivity index (χ2n) is 4.83. The maximum absolute atomic E-state index is 4.41. The Kier molecular flexibility index (Phi) is 5.55. The van der Waals surface area contributed by atoms with Gasteiger partial charge in [-0.25, -0.2) is 0 Å². The number of rotatable bonds is 7. The molecule has 2 rings (SSSR count). The molecule has 0 radical (unpaired) electrons. The van der Waals surface area contributed by atoms with Crippen molar-refractivity contribution in [3.8, 4) is 0 Å². The maximum Gasteiger partial charge on any atom is 0.0421 e. The molecule has 0 fully saturated rings. The molecule has 19 heavy (non-hydrogen) atoms. The predicted molar refractivity (Wildman–Crippen MR) is 82.6 cm³/mol. The zero-order chi connectivity index (χ0) is 13.5. The molecule has 102 valence electrons. The van der Waals surface area contributed by atoms with Gasteiger partial charge in [-0.05, 0) is 61.9 Å². The van der Waals surface area contributed by atoms with Crippen LogP contribution in [0.2, 0.25) is 0 Å². The standard InChI is InChI=1S/C16H22N2S/c1-3-10-18-15(16-13(2)9-12-19-16)8-7-14-6-4-5-11-17-14/h4-6,9,11-12,15,18H,3,7-8,10H2,1-2H3. The summed E-state index contributed by atoms with van der Waals surface area (Å²) in [4.78, 5) is 5.89. The van der Waals surface area contributed by atoms with Crippen molar-refractivity contribution in [3.63, 3.8) is 0 Å². The molecule has 0 aromatic carbocycles. The topological polar surface area (TPSA) is 24.9 Å². The Hall–Kier alpha value is -1.19. The summed E-state index contributed by atoms with van der Waals surface area (Å²) in [5.74, 6) is 0. The van der Waals surface area contributed by atoms with Crippen LogP contribution in [-0.2, 0) is 6.42 Å². The van der Waals surface area contributed by atoms with Gasteiger partial charge in [0.15, 0.2) is 0 Å². The molecule has 0 saturated carbocycles. The molecular weight excluding hydrogens is 252 g/mol. The number of pyridine rings is 1. The molecule has 0 bridgehead atoms. The SMILES string of the molecule is CCCNC(CCc1ccccn1)c1sccc1C. The second-order valence-corrected chi connectivity index (χ2v) is 5.78. The molecule has 0 aliphatic rings. The molecule has 0 aliphatic carbocycles. The molecule has 2 heterocycles. The van der Waals surface area contributed by atoms with Crippen LogP contribution in [0.5, 0.6) is 0 Å². The van der Waals surface area contributed by atoms with Crippen LogP contribution in [0.15, 0.2) is 35.8 Å². The van der Waals surface area contributed by atoms with Crippen LogP contribution in [0.1, 0.15) is 41.9 Å². The summed E-state index contributed by atoms with van der Waals surface area (Å²) in [5, 5.41) is 5.85. The van der Waals surface area contributed by atoms with E-state index in [4.69, 9.17) is 0 Å². The lowest BCUT2D eigenvalue weighted by Gasteiger charge is -2.18. The van der Waals surface area contributed by atoms with Crippen molar-refractivity contribution >= 4 is 11.3 Å². The van der Waals surface area contributed by atoms with Crippen molar-refractivity contribution in [1.82, 2.24) is 10.3 Å². The Morgan fingerprint density at radius 1 is 1.32 bits per heavy atom. The zero-order valence-electron chi connectivity index (χ0n) is 11.7. The van der Waals surface area contributed by atoms with Crippen LogP contribution in [0.3, 0.4) is 0 Å². The van der Waals surface area contributed by atoms with Gasteiger partial charge >= 0.3 is 0 Å². The first kappa shape index (κ1) is 14.2. The van der Waals surface area contributed by atoms with Gasteiger partial charge in [0.05, 0.1) is 0 Å². The fourth-order valence-corrected chi connectivity index (χ4v) is 3.26. The molecule has 2 aromatic rings. The number of nitrogens with one attached hydrogen (secondary N) is 1. The van der Waals surface area contributed by atoms with Gasteiger partial charge in [-0.2, -0.15) is 0 Å². The van der Waals surface area contributed by atoms with E-state index in [-0.39, 0.29) is 0 Å². The van der Waals surface area contributed by atoms with Gasteiger partial charge < -0.3 is 5.32 Å². The van der Waals surface area contributed by atoms with E-state index in [1.54, 1.807) is 0 Å². The maximum atomic E-state index is 4.41. The van der Waals surface area contributed by atoms with Crippen molar-refractivity contribution in [2.45, 2.75) is 39.2 Å². The lowest BCUT2D eigenvalue weighted by atomic mass is 10.0. The van der Waals surface area contributed by atoms with E-state index in [1.807, 2.05) is 23.6 Å². The second kappa shape index (κ2) is 7.41. The quantitative estimate of drug-likeness (QED) is 0.821. The highest BCUT2D eigenvalue weighted by atomic mass is 32.1. The zero-order valence-corrected chi connectivity index (χ0v) is 12.5. The Bertz CT molecular complexity index is 479. The van der Waals surface area contributed by atoms with Crippen molar-refractivity contribution in [1.29, 1.82) is 0 Å². The minimum Gasteiger partial charge on any atom is -0.309 e. The molecule has 0 aliphatic heterocycles. The first-order valence-corrected chi connectivity index (χ1v) is 7.86. The van der Waals surface area contributed by atoms with E-state index in [0.717, 1.165) is 19.4 Å². The average molecular weight is 274 g/mol. The Labute approximate surface area is 119 Å². The van der Waals surface area contributed by atoms with Gasteiger partial charge in [-0.3, -0.25) is 4.98 Å². The smallest absolute Gasteiger partial charge is 0.0421 e. The highest BCUT2D eigenvalue weighted by molar-refractivity contribution is 7.10. The van der Waals surface area contributed by atoms with E-state index in [9.17, 15) is 0 Å². The number of nitrogens with zero attached hydrogens (tertiary/aromatic N) is 1. The Morgan fingerprint density at radius 2 is 2.21 bits per heavy atom. The van der Waals surface area contributed by atoms with Crippen molar-refractivity contribution in [2.24, 2.45) is 0 Å². The molecular formula is C16H22N2S. The number of hydrogen-bond donors (Lipinski definition) is 1. The molecule has 0 spiro atoms. The normalized spacial score (nSPS) is 12.5. The number of thiophene rings is 1. The Balaban J connectivity index is 2.00. The summed E-state index contributed by atoms with van der Waals surface area (Å²) in [7, 11) is 0. The minimum atomic E-state index is 0.460. The summed E-state index contributed by atoms with van der Waals surface area (Å²) < 4.78 is 0. The number of hydrogen-bond acceptors (Lipinski definition) is 3. The number of aromatic nitrogens is 1. The summed E-state index contributed by atoms with van der Waals surface area (Å²) in [6.45, 7) is 5.49. The first-order chi connectivity index (χ1) is 9.31. The van der Waals surface area contributed by atoms with Gasteiger partial charge in [0, 0.05) is 22.8 Å². The molecule has 1 unspecified atom stereocenters. The largest absolute Gasteiger partial charge is 0.309 e. The summed E-state index contributed by atoms with van der Waals surface area (Å²) >= 11 is 1.86. The van der Waals surface area contributed by atoms with Crippen LogP contribution in [0.25, 0.3) is 0 Å². The summed E-state index contributed by atoms with van der Waals surface area (Å²) in [5.41, 5.74) is 2.58.